The lowest BCUT2D eigenvalue weighted by atomic mass is 9.99. The normalized spacial score (nSPS) is 13.0. The molecule has 0 aromatic carbocycles. The summed E-state index contributed by atoms with van der Waals surface area (Å²) in [6, 6.07) is 0. The molecule has 6 nitrogen and oxygen atoms in total. The number of hydrogen-bond acceptors (Lipinski definition) is 6. The molecular weight excluding hydrogens is 757 g/mol. The number of ether oxygens (including phenoxy) is 3. The van der Waals surface area contributed by atoms with Crippen molar-refractivity contribution in [3.8, 4) is 0 Å². The van der Waals surface area contributed by atoms with Crippen LogP contribution in [0.5, 0.6) is 0 Å². The van der Waals surface area contributed by atoms with Crippen molar-refractivity contribution in [2.45, 2.75) is 304 Å². The number of carbonyl (C=O) groups excluding carboxylic acids is 3. The van der Waals surface area contributed by atoms with E-state index in [9.17, 15) is 14.4 Å². The van der Waals surface area contributed by atoms with Crippen LogP contribution in [0, 0.1) is 17.8 Å². The van der Waals surface area contributed by atoms with E-state index in [1.165, 1.54) is 180 Å². The van der Waals surface area contributed by atoms with E-state index in [1.807, 2.05) is 0 Å². The molecule has 2 unspecified atom stereocenters. The van der Waals surface area contributed by atoms with Crippen molar-refractivity contribution in [1.29, 1.82) is 0 Å². The van der Waals surface area contributed by atoms with Crippen LogP contribution in [0.1, 0.15) is 298 Å². The maximum absolute atomic E-state index is 12.7. The number of esters is 3. The molecule has 0 saturated heterocycles. The molecule has 0 amide bonds. The fraction of sp³-hybridized carbons (Fsp3) is 0.945. The van der Waals surface area contributed by atoms with E-state index >= 15 is 0 Å². The molecule has 61 heavy (non-hydrogen) atoms. The minimum atomic E-state index is -0.763. The van der Waals surface area contributed by atoms with Gasteiger partial charge < -0.3 is 14.2 Å². The van der Waals surface area contributed by atoms with Gasteiger partial charge in [0.15, 0.2) is 6.10 Å². The highest BCUT2D eigenvalue weighted by Crippen LogP contribution is 2.19. The molecule has 3 atom stereocenters. The summed E-state index contributed by atoms with van der Waals surface area (Å²) in [5.74, 6) is 1.66. The topological polar surface area (TPSA) is 78.9 Å². The predicted octanol–water partition coefficient (Wildman–Crippen LogP) is 17.6. The summed E-state index contributed by atoms with van der Waals surface area (Å²) in [6.07, 6.45) is 46.7. The van der Waals surface area contributed by atoms with Gasteiger partial charge in [-0.25, -0.2) is 0 Å². The zero-order valence-corrected chi connectivity index (χ0v) is 42.0. The lowest BCUT2D eigenvalue weighted by Crippen LogP contribution is -2.30. The van der Waals surface area contributed by atoms with Crippen LogP contribution in [-0.4, -0.2) is 37.2 Å². The number of hydrogen-bond donors (Lipinski definition) is 0. The zero-order valence-electron chi connectivity index (χ0n) is 42.0. The summed E-state index contributed by atoms with van der Waals surface area (Å²) in [5, 5.41) is 0. The third-order valence-electron chi connectivity index (χ3n) is 13.1. The van der Waals surface area contributed by atoms with Gasteiger partial charge in [-0.15, -0.1) is 0 Å². The molecule has 0 aromatic rings. The fourth-order valence-electron chi connectivity index (χ4n) is 8.23. The molecule has 0 radical (unpaired) electrons. The second-order valence-corrected chi connectivity index (χ2v) is 19.8. The summed E-state index contributed by atoms with van der Waals surface area (Å²) in [5.41, 5.74) is 0. The van der Waals surface area contributed by atoms with Crippen LogP contribution in [0.25, 0.3) is 0 Å². The molecule has 0 aliphatic heterocycles. The first-order valence-electron chi connectivity index (χ1n) is 27.2. The van der Waals surface area contributed by atoms with Crippen LogP contribution >= 0.6 is 0 Å². The van der Waals surface area contributed by atoms with Gasteiger partial charge in [0, 0.05) is 19.3 Å². The van der Waals surface area contributed by atoms with Crippen LogP contribution in [0.3, 0.4) is 0 Å². The number of carbonyl (C=O) groups is 3. The third kappa shape index (κ3) is 46.2. The number of unbranched alkanes of at least 4 members (excludes halogenated alkanes) is 29. The van der Waals surface area contributed by atoms with Gasteiger partial charge in [0.25, 0.3) is 0 Å². The molecule has 0 aliphatic rings. The van der Waals surface area contributed by atoms with E-state index in [4.69, 9.17) is 14.2 Å². The Morgan fingerprint density at radius 1 is 0.328 bits per heavy atom. The maximum Gasteiger partial charge on any atom is 0.306 e. The molecular formula is C55H106O6. The van der Waals surface area contributed by atoms with Crippen molar-refractivity contribution in [2.24, 2.45) is 17.8 Å². The average molecular weight is 863 g/mol. The van der Waals surface area contributed by atoms with E-state index in [-0.39, 0.29) is 31.1 Å². The van der Waals surface area contributed by atoms with Gasteiger partial charge in [-0.2, -0.15) is 0 Å². The van der Waals surface area contributed by atoms with Crippen LogP contribution in [0.4, 0.5) is 0 Å². The van der Waals surface area contributed by atoms with E-state index < -0.39 is 6.10 Å². The highest BCUT2D eigenvalue weighted by Gasteiger charge is 2.19. The van der Waals surface area contributed by atoms with Gasteiger partial charge in [-0.05, 0) is 37.0 Å². The van der Waals surface area contributed by atoms with Gasteiger partial charge in [-0.3, -0.25) is 14.4 Å². The molecule has 0 heterocycles. The summed E-state index contributed by atoms with van der Waals surface area (Å²) in [4.78, 5) is 37.9. The van der Waals surface area contributed by atoms with Gasteiger partial charge in [0.2, 0.25) is 0 Å². The van der Waals surface area contributed by atoms with Gasteiger partial charge in [0.05, 0.1) is 0 Å². The van der Waals surface area contributed by atoms with E-state index in [0.717, 1.165) is 75.5 Å². The molecule has 0 spiro atoms. The van der Waals surface area contributed by atoms with Crippen LogP contribution in [0.15, 0.2) is 0 Å². The maximum atomic E-state index is 12.7. The Balaban J connectivity index is 4.17. The van der Waals surface area contributed by atoms with Crippen molar-refractivity contribution in [3.63, 3.8) is 0 Å². The Kier molecular flexibility index (Phi) is 45.2. The Morgan fingerprint density at radius 3 is 0.852 bits per heavy atom. The first-order valence-corrected chi connectivity index (χ1v) is 27.2. The quantitative estimate of drug-likeness (QED) is 0.0344. The average Bonchev–Trinajstić information content (AvgIpc) is 3.24. The molecule has 0 fully saturated rings. The standard InChI is InChI=1S/C55H106O6/c1-7-50(5)42-36-30-24-19-17-15-13-11-9-10-12-14-16-18-20-25-32-38-44-53(56)59-47-52(61-55(58)46-40-34-28-27-31-37-43-51(6)8-2)48-60-54(57)45-39-33-26-22-21-23-29-35-41-49(3)4/h49-52H,7-48H2,1-6H3/t50?,51?,52-/m1/s1. The van der Waals surface area contributed by atoms with E-state index in [2.05, 4.69) is 41.5 Å². The van der Waals surface area contributed by atoms with E-state index in [1.54, 1.807) is 0 Å². The second-order valence-electron chi connectivity index (χ2n) is 19.8. The Bertz CT molecular complexity index is 949. The third-order valence-corrected chi connectivity index (χ3v) is 13.1. The van der Waals surface area contributed by atoms with Gasteiger partial charge in [0.1, 0.15) is 13.2 Å². The van der Waals surface area contributed by atoms with Crippen LogP contribution < -0.4 is 0 Å². The first kappa shape index (κ1) is 59.4. The van der Waals surface area contributed by atoms with Crippen molar-refractivity contribution in [2.75, 3.05) is 13.2 Å². The monoisotopic (exact) mass is 863 g/mol. The highest BCUT2D eigenvalue weighted by molar-refractivity contribution is 5.71. The largest absolute Gasteiger partial charge is 0.462 e. The summed E-state index contributed by atoms with van der Waals surface area (Å²) >= 11 is 0. The van der Waals surface area contributed by atoms with Crippen LogP contribution in [0.2, 0.25) is 0 Å². The molecule has 0 bridgehead atoms. The Labute approximate surface area is 380 Å². The summed E-state index contributed by atoms with van der Waals surface area (Å²) in [6.45, 7) is 13.7. The lowest BCUT2D eigenvalue weighted by Gasteiger charge is -2.18. The fourth-order valence-corrected chi connectivity index (χ4v) is 8.23. The van der Waals surface area contributed by atoms with Gasteiger partial charge >= 0.3 is 17.9 Å². The van der Waals surface area contributed by atoms with Crippen molar-refractivity contribution < 1.29 is 28.6 Å². The first-order chi connectivity index (χ1) is 29.7. The molecule has 362 valence electrons. The molecule has 0 saturated carbocycles. The lowest BCUT2D eigenvalue weighted by molar-refractivity contribution is -0.167. The minimum absolute atomic E-state index is 0.0655. The van der Waals surface area contributed by atoms with E-state index in [0.29, 0.717) is 19.3 Å². The summed E-state index contributed by atoms with van der Waals surface area (Å²) in [7, 11) is 0. The predicted molar refractivity (Wildman–Crippen MR) is 261 cm³/mol. The number of rotatable bonds is 48. The molecule has 0 rings (SSSR count). The smallest absolute Gasteiger partial charge is 0.306 e. The van der Waals surface area contributed by atoms with Crippen molar-refractivity contribution in [1.82, 2.24) is 0 Å². The molecule has 0 aliphatic carbocycles. The van der Waals surface area contributed by atoms with Gasteiger partial charge in [-0.1, -0.05) is 260 Å². The molecule has 0 aromatic heterocycles. The van der Waals surface area contributed by atoms with Crippen molar-refractivity contribution >= 4 is 17.9 Å². The summed E-state index contributed by atoms with van der Waals surface area (Å²) < 4.78 is 16.8. The highest BCUT2D eigenvalue weighted by atomic mass is 16.6. The minimum Gasteiger partial charge on any atom is -0.462 e. The second kappa shape index (κ2) is 46.4. The van der Waals surface area contributed by atoms with Crippen molar-refractivity contribution in [3.05, 3.63) is 0 Å². The Morgan fingerprint density at radius 2 is 0.574 bits per heavy atom. The zero-order chi connectivity index (χ0) is 44.9. The Hall–Kier alpha value is -1.59. The molecule has 0 N–H and O–H groups in total. The molecule has 6 heteroatoms. The van der Waals surface area contributed by atoms with Crippen LogP contribution in [-0.2, 0) is 28.6 Å². The SMILES string of the molecule is CCC(C)CCCCCCCCCCCCCCCCCCCCC(=O)OC[C@H](COC(=O)CCCCCCCCCCC(C)C)OC(=O)CCCCCCCCC(C)CC.